The molecule has 1 aliphatic heterocycles. The summed E-state index contributed by atoms with van der Waals surface area (Å²) in [7, 11) is 0. The van der Waals surface area contributed by atoms with Crippen molar-refractivity contribution in [3.05, 3.63) is 22.2 Å². The van der Waals surface area contributed by atoms with Crippen molar-refractivity contribution in [2.75, 3.05) is 13.2 Å². The van der Waals surface area contributed by atoms with Crippen LogP contribution in [-0.2, 0) is 0 Å². The van der Waals surface area contributed by atoms with E-state index >= 15 is 0 Å². The van der Waals surface area contributed by atoms with Crippen LogP contribution in [0.2, 0.25) is 0 Å². The van der Waals surface area contributed by atoms with Crippen molar-refractivity contribution in [1.82, 2.24) is 0 Å². The van der Waals surface area contributed by atoms with Crippen molar-refractivity contribution in [2.45, 2.75) is 39.5 Å². The summed E-state index contributed by atoms with van der Waals surface area (Å²) in [4.78, 5) is 0. The largest absolute Gasteiger partial charge is 0.486 e. The Morgan fingerprint density at radius 1 is 1.20 bits per heavy atom. The van der Waals surface area contributed by atoms with E-state index in [1.165, 1.54) is 0 Å². The lowest BCUT2D eigenvalue weighted by atomic mass is 9.79. The van der Waals surface area contributed by atoms with Crippen LogP contribution in [-0.4, -0.2) is 13.2 Å². The molecule has 0 radical (unpaired) electrons. The number of alkyl halides is 1. The number of hydrogen-bond acceptors (Lipinski definition) is 2. The first-order valence-electron chi connectivity index (χ1n) is 7.02. The van der Waals surface area contributed by atoms with Crippen LogP contribution in [0.3, 0.4) is 0 Å². The molecule has 1 aromatic carbocycles. The molecule has 2 rings (SSSR count). The zero-order valence-electron chi connectivity index (χ0n) is 12.5. The molecular formula is C16H22BrClO2. The number of fused-ring (bicyclic) bond motifs is 1. The Labute approximate surface area is 134 Å². The van der Waals surface area contributed by atoms with Gasteiger partial charge in [0, 0.05) is 4.47 Å². The smallest absolute Gasteiger partial charge is 0.162 e. The lowest BCUT2D eigenvalue weighted by Crippen LogP contribution is -2.19. The lowest BCUT2D eigenvalue weighted by Gasteiger charge is -2.29. The SMILES string of the molecule is CC(CC(Cl)c1cc2c(cc1Br)OCCO2)C(C)(C)C. The fourth-order valence-electron chi connectivity index (χ4n) is 2.11. The first-order valence-corrected chi connectivity index (χ1v) is 8.25. The third-order valence-electron chi connectivity index (χ3n) is 4.04. The molecule has 2 unspecified atom stereocenters. The summed E-state index contributed by atoms with van der Waals surface area (Å²) in [6.45, 7) is 10.2. The van der Waals surface area contributed by atoms with Crippen LogP contribution in [0.25, 0.3) is 0 Å². The Hall–Kier alpha value is -0.410. The van der Waals surface area contributed by atoms with Gasteiger partial charge in [0.2, 0.25) is 0 Å². The minimum absolute atomic E-state index is 0.0329. The molecule has 0 bridgehead atoms. The van der Waals surface area contributed by atoms with Crippen molar-refractivity contribution in [3.63, 3.8) is 0 Å². The van der Waals surface area contributed by atoms with E-state index in [-0.39, 0.29) is 10.8 Å². The van der Waals surface area contributed by atoms with Gasteiger partial charge >= 0.3 is 0 Å². The summed E-state index contributed by atoms with van der Waals surface area (Å²) < 4.78 is 12.2. The number of rotatable bonds is 3. The minimum atomic E-state index is -0.0329. The molecule has 0 amide bonds. The minimum Gasteiger partial charge on any atom is -0.486 e. The predicted octanol–water partition coefficient (Wildman–Crippen LogP) is 5.57. The van der Waals surface area contributed by atoms with Gasteiger partial charge in [-0.05, 0) is 35.4 Å². The Morgan fingerprint density at radius 3 is 2.30 bits per heavy atom. The Morgan fingerprint density at radius 2 is 1.75 bits per heavy atom. The second-order valence-electron chi connectivity index (χ2n) is 6.49. The van der Waals surface area contributed by atoms with E-state index in [0.29, 0.717) is 19.1 Å². The molecule has 0 saturated carbocycles. The topological polar surface area (TPSA) is 18.5 Å². The molecule has 0 aromatic heterocycles. The van der Waals surface area contributed by atoms with E-state index in [0.717, 1.165) is 28.0 Å². The zero-order chi connectivity index (χ0) is 14.9. The van der Waals surface area contributed by atoms with Gasteiger partial charge in [-0.3, -0.25) is 0 Å². The molecule has 4 heteroatoms. The molecule has 0 N–H and O–H groups in total. The highest BCUT2D eigenvalue weighted by molar-refractivity contribution is 9.10. The highest BCUT2D eigenvalue weighted by Gasteiger charge is 2.25. The van der Waals surface area contributed by atoms with Crippen LogP contribution in [0.1, 0.15) is 45.1 Å². The van der Waals surface area contributed by atoms with Crippen LogP contribution < -0.4 is 9.47 Å². The number of halogens is 2. The first-order chi connectivity index (χ1) is 9.29. The first kappa shape index (κ1) is 16.0. The Balaban J connectivity index is 2.19. The normalized spacial score (nSPS) is 17.7. The van der Waals surface area contributed by atoms with Crippen LogP contribution in [0.15, 0.2) is 16.6 Å². The van der Waals surface area contributed by atoms with Crippen LogP contribution in [0, 0.1) is 11.3 Å². The predicted molar refractivity (Wildman–Crippen MR) is 87.0 cm³/mol. The standard InChI is InChI=1S/C16H22BrClO2/c1-10(16(2,3)4)7-13(18)11-8-14-15(9-12(11)17)20-6-5-19-14/h8-10,13H,5-7H2,1-4H3. The summed E-state index contributed by atoms with van der Waals surface area (Å²) in [6, 6.07) is 3.96. The zero-order valence-corrected chi connectivity index (χ0v) is 14.8. The third kappa shape index (κ3) is 3.62. The molecule has 0 spiro atoms. The van der Waals surface area contributed by atoms with Crippen LogP contribution >= 0.6 is 27.5 Å². The second-order valence-corrected chi connectivity index (χ2v) is 7.87. The van der Waals surface area contributed by atoms with Crippen molar-refractivity contribution in [2.24, 2.45) is 11.3 Å². The molecule has 0 fully saturated rings. The van der Waals surface area contributed by atoms with E-state index in [2.05, 4.69) is 43.6 Å². The maximum atomic E-state index is 6.63. The summed E-state index contributed by atoms with van der Waals surface area (Å²) in [5.41, 5.74) is 1.33. The summed E-state index contributed by atoms with van der Waals surface area (Å²) in [6.07, 6.45) is 0.934. The van der Waals surface area contributed by atoms with Crippen molar-refractivity contribution in [1.29, 1.82) is 0 Å². The number of ether oxygens (including phenoxy) is 2. The summed E-state index contributed by atoms with van der Waals surface area (Å²) in [5.74, 6) is 2.12. The molecule has 1 aliphatic rings. The van der Waals surface area contributed by atoms with Crippen molar-refractivity contribution in [3.8, 4) is 11.5 Å². The molecule has 1 heterocycles. The van der Waals surface area contributed by atoms with Gasteiger partial charge in [-0.2, -0.15) is 0 Å². The molecule has 2 atom stereocenters. The summed E-state index contributed by atoms with van der Waals surface area (Å²) >= 11 is 10.2. The number of benzene rings is 1. The molecule has 20 heavy (non-hydrogen) atoms. The second kappa shape index (κ2) is 6.15. The van der Waals surface area contributed by atoms with Gasteiger partial charge in [0.15, 0.2) is 11.5 Å². The van der Waals surface area contributed by atoms with E-state index < -0.39 is 0 Å². The average Bonchev–Trinajstić information content (AvgIpc) is 2.36. The number of hydrogen-bond donors (Lipinski definition) is 0. The van der Waals surface area contributed by atoms with E-state index in [4.69, 9.17) is 21.1 Å². The summed E-state index contributed by atoms with van der Waals surface area (Å²) in [5, 5.41) is -0.0329. The van der Waals surface area contributed by atoms with Crippen molar-refractivity contribution >= 4 is 27.5 Å². The van der Waals surface area contributed by atoms with Crippen LogP contribution in [0.4, 0.5) is 0 Å². The average molecular weight is 362 g/mol. The highest BCUT2D eigenvalue weighted by atomic mass is 79.9. The Kier molecular flexibility index (Phi) is 4.91. The fourth-order valence-corrected chi connectivity index (χ4v) is 3.29. The third-order valence-corrected chi connectivity index (χ3v) is 5.14. The fraction of sp³-hybridized carbons (Fsp3) is 0.625. The molecule has 2 nitrogen and oxygen atoms in total. The van der Waals surface area contributed by atoms with Gasteiger partial charge in [-0.15, -0.1) is 11.6 Å². The maximum absolute atomic E-state index is 6.63. The van der Waals surface area contributed by atoms with Gasteiger partial charge in [0.1, 0.15) is 13.2 Å². The van der Waals surface area contributed by atoms with Gasteiger partial charge in [0.25, 0.3) is 0 Å². The molecule has 0 aliphatic carbocycles. The van der Waals surface area contributed by atoms with Gasteiger partial charge < -0.3 is 9.47 Å². The van der Waals surface area contributed by atoms with Gasteiger partial charge in [-0.25, -0.2) is 0 Å². The lowest BCUT2D eigenvalue weighted by molar-refractivity contribution is 0.171. The molecule has 0 saturated heterocycles. The van der Waals surface area contributed by atoms with Gasteiger partial charge in [0.05, 0.1) is 5.38 Å². The van der Waals surface area contributed by atoms with Gasteiger partial charge in [-0.1, -0.05) is 43.6 Å². The van der Waals surface area contributed by atoms with E-state index in [1.54, 1.807) is 0 Å². The molecule has 112 valence electrons. The highest BCUT2D eigenvalue weighted by Crippen LogP contribution is 2.43. The monoisotopic (exact) mass is 360 g/mol. The van der Waals surface area contributed by atoms with E-state index in [9.17, 15) is 0 Å². The maximum Gasteiger partial charge on any atom is 0.162 e. The molecular weight excluding hydrogens is 340 g/mol. The van der Waals surface area contributed by atoms with E-state index in [1.807, 2.05) is 12.1 Å². The molecule has 1 aromatic rings. The quantitative estimate of drug-likeness (QED) is 0.655. The van der Waals surface area contributed by atoms with Crippen LogP contribution in [0.5, 0.6) is 11.5 Å². The van der Waals surface area contributed by atoms with Crippen molar-refractivity contribution < 1.29 is 9.47 Å². The Bertz CT molecular complexity index is 482.